The Labute approximate surface area is 148 Å². The fraction of sp³-hybridized carbons (Fsp3) is 1.00. The summed E-state index contributed by atoms with van der Waals surface area (Å²) in [5.74, 6) is 0. The molecule has 10 heavy (non-hydrogen) atoms. The minimum Gasteiger partial charge on any atom is -0.865 e. The molecule has 0 saturated heterocycles. The Morgan fingerprint density at radius 3 is 1.90 bits per heavy atom. The van der Waals surface area contributed by atoms with Gasteiger partial charge in [0, 0.05) is 0 Å². The Balaban J connectivity index is -0.000000245. The maximum atomic E-state index is 9.85. The molecule has 0 aliphatic heterocycles. The molecule has 0 rings (SSSR count). The summed E-state index contributed by atoms with van der Waals surface area (Å²) in [6, 6.07) is 0. The Morgan fingerprint density at radius 1 is 1.10 bits per heavy atom. The van der Waals surface area contributed by atoms with Gasteiger partial charge in [0.2, 0.25) is 0 Å². The molecular formula is C6H12K2O2. The van der Waals surface area contributed by atoms with E-state index in [1.54, 1.807) is 0 Å². The summed E-state index contributed by atoms with van der Waals surface area (Å²) in [4.78, 5) is 0. The molecule has 0 N–H and O–H groups in total. The molecule has 0 amide bonds. The van der Waals surface area contributed by atoms with Crippen molar-refractivity contribution in [3.8, 4) is 0 Å². The second-order valence-electron chi connectivity index (χ2n) is 1.93. The third kappa shape index (κ3) is 17.3. The summed E-state index contributed by atoms with van der Waals surface area (Å²) in [5, 5.41) is 19.7. The first kappa shape index (κ1) is 18.9. The first-order valence-electron chi connectivity index (χ1n) is 3.09. The van der Waals surface area contributed by atoms with Gasteiger partial charge in [0.05, 0.1) is 0 Å². The topological polar surface area (TPSA) is 46.1 Å². The van der Waals surface area contributed by atoms with E-state index in [0.717, 1.165) is 19.3 Å². The van der Waals surface area contributed by atoms with Crippen LogP contribution in [0.25, 0.3) is 0 Å². The summed E-state index contributed by atoms with van der Waals surface area (Å²) in [6.45, 7) is 2.05. The standard InChI is InChI=1S/C6H12O2.2K/c1-2-3-4-5-6(7)8;;/h6H,2-5H2,1H3;;/q-2;2*+1. The first-order chi connectivity index (χ1) is 3.77. The Kier molecular flexibility index (Phi) is 27.8. The van der Waals surface area contributed by atoms with Gasteiger partial charge in [-0.25, -0.2) is 6.29 Å². The molecule has 0 spiro atoms. The molecule has 0 aromatic carbocycles. The average Bonchev–Trinajstić information content (AvgIpc) is 1.66. The smallest absolute Gasteiger partial charge is 0.865 e. The maximum Gasteiger partial charge on any atom is 1.00 e. The van der Waals surface area contributed by atoms with Crippen molar-refractivity contribution in [1.29, 1.82) is 0 Å². The van der Waals surface area contributed by atoms with Crippen LogP contribution in [0.3, 0.4) is 0 Å². The van der Waals surface area contributed by atoms with Crippen LogP contribution in [0, 0.1) is 0 Å². The van der Waals surface area contributed by atoms with Crippen LogP contribution in [0.5, 0.6) is 0 Å². The van der Waals surface area contributed by atoms with Crippen LogP contribution in [0.2, 0.25) is 0 Å². The zero-order valence-electron chi connectivity index (χ0n) is 7.22. The van der Waals surface area contributed by atoms with Gasteiger partial charge in [-0.15, -0.1) is 0 Å². The predicted molar refractivity (Wildman–Crippen MR) is 27.9 cm³/mol. The van der Waals surface area contributed by atoms with Gasteiger partial charge < -0.3 is 10.2 Å². The third-order valence-electron chi connectivity index (χ3n) is 1.04. The van der Waals surface area contributed by atoms with Gasteiger partial charge in [-0.05, 0) is 0 Å². The van der Waals surface area contributed by atoms with Gasteiger partial charge in [-0.2, -0.15) is 0 Å². The van der Waals surface area contributed by atoms with E-state index >= 15 is 0 Å². The fourth-order valence-electron chi connectivity index (χ4n) is 0.561. The number of unbranched alkanes of at least 4 members (excludes halogenated alkanes) is 2. The Bertz CT molecular complexity index is 51.0. The molecule has 0 aromatic heterocycles. The average molecular weight is 194 g/mol. The predicted octanol–water partition coefficient (Wildman–Crippen LogP) is -6.38. The van der Waals surface area contributed by atoms with Crippen LogP contribution in [-0.4, -0.2) is 6.29 Å². The van der Waals surface area contributed by atoms with Gasteiger partial charge in [0.25, 0.3) is 0 Å². The van der Waals surface area contributed by atoms with E-state index in [-0.39, 0.29) is 103 Å². The van der Waals surface area contributed by atoms with Crippen molar-refractivity contribution in [2.75, 3.05) is 0 Å². The van der Waals surface area contributed by atoms with Crippen molar-refractivity contribution in [2.45, 2.75) is 38.9 Å². The van der Waals surface area contributed by atoms with E-state index in [9.17, 15) is 10.2 Å². The molecular weight excluding hydrogens is 182 g/mol. The summed E-state index contributed by atoms with van der Waals surface area (Å²) in [5.41, 5.74) is 0. The summed E-state index contributed by atoms with van der Waals surface area (Å²) in [6.07, 6.45) is 1.59. The molecule has 0 fully saturated rings. The number of hydrogen-bond donors (Lipinski definition) is 0. The monoisotopic (exact) mass is 194 g/mol. The molecule has 0 bridgehead atoms. The molecule has 0 heterocycles. The quantitative estimate of drug-likeness (QED) is 0.254. The Morgan fingerprint density at radius 2 is 1.60 bits per heavy atom. The molecule has 0 aliphatic carbocycles. The van der Waals surface area contributed by atoms with E-state index in [1.807, 2.05) is 6.92 Å². The van der Waals surface area contributed by atoms with Gasteiger partial charge in [-0.1, -0.05) is 32.6 Å². The van der Waals surface area contributed by atoms with E-state index in [4.69, 9.17) is 0 Å². The second kappa shape index (κ2) is 14.7. The van der Waals surface area contributed by atoms with Gasteiger partial charge in [0.15, 0.2) is 0 Å². The molecule has 0 atom stereocenters. The molecule has 0 unspecified atom stereocenters. The zero-order chi connectivity index (χ0) is 6.41. The van der Waals surface area contributed by atoms with E-state index in [2.05, 4.69) is 0 Å². The molecule has 50 valence electrons. The summed E-state index contributed by atoms with van der Waals surface area (Å²) < 4.78 is 0. The van der Waals surface area contributed by atoms with E-state index in [0.29, 0.717) is 6.42 Å². The van der Waals surface area contributed by atoms with Crippen molar-refractivity contribution < 1.29 is 113 Å². The summed E-state index contributed by atoms with van der Waals surface area (Å²) >= 11 is 0. The maximum absolute atomic E-state index is 9.85. The van der Waals surface area contributed by atoms with Crippen molar-refractivity contribution in [3.05, 3.63) is 0 Å². The van der Waals surface area contributed by atoms with E-state index in [1.165, 1.54) is 0 Å². The van der Waals surface area contributed by atoms with Crippen molar-refractivity contribution in [3.63, 3.8) is 0 Å². The van der Waals surface area contributed by atoms with Crippen LogP contribution < -0.4 is 113 Å². The molecule has 0 saturated carbocycles. The molecule has 0 aromatic rings. The van der Waals surface area contributed by atoms with Gasteiger partial charge in [0.1, 0.15) is 0 Å². The minimum atomic E-state index is -1.60. The zero-order valence-corrected chi connectivity index (χ0v) is 13.5. The third-order valence-corrected chi connectivity index (χ3v) is 1.04. The van der Waals surface area contributed by atoms with E-state index < -0.39 is 6.29 Å². The van der Waals surface area contributed by atoms with Crippen molar-refractivity contribution in [2.24, 2.45) is 0 Å². The largest absolute Gasteiger partial charge is 1.00 e. The number of rotatable bonds is 4. The van der Waals surface area contributed by atoms with Crippen LogP contribution in [0.1, 0.15) is 32.6 Å². The second-order valence-corrected chi connectivity index (χ2v) is 1.93. The molecule has 2 nitrogen and oxygen atoms in total. The molecule has 0 aliphatic rings. The number of hydrogen-bond acceptors (Lipinski definition) is 2. The van der Waals surface area contributed by atoms with Gasteiger partial charge in [-0.3, -0.25) is 0 Å². The van der Waals surface area contributed by atoms with Crippen LogP contribution in [0.4, 0.5) is 0 Å². The Hall–Kier alpha value is 3.19. The summed E-state index contributed by atoms with van der Waals surface area (Å²) in [7, 11) is 0. The van der Waals surface area contributed by atoms with Crippen molar-refractivity contribution in [1.82, 2.24) is 0 Å². The molecule has 4 heteroatoms. The van der Waals surface area contributed by atoms with Crippen LogP contribution in [-0.2, 0) is 0 Å². The SMILES string of the molecule is CCCCCC([O-])[O-].[K+].[K+]. The molecule has 0 radical (unpaired) electrons. The normalized spacial score (nSPS) is 8.40. The fourth-order valence-corrected chi connectivity index (χ4v) is 0.561. The van der Waals surface area contributed by atoms with Crippen LogP contribution in [0.15, 0.2) is 0 Å². The minimum absolute atomic E-state index is 0. The van der Waals surface area contributed by atoms with Crippen LogP contribution >= 0.6 is 0 Å². The van der Waals surface area contributed by atoms with Gasteiger partial charge >= 0.3 is 103 Å². The van der Waals surface area contributed by atoms with Crippen molar-refractivity contribution >= 4 is 0 Å². The first-order valence-corrected chi connectivity index (χ1v) is 3.09.